The zero-order valence-electron chi connectivity index (χ0n) is 9.11. The first-order chi connectivity index (χ1) is 7.91. The summed E-state index contributed by atoms with van der Waals surface area (Å²) in [4.78, 5) is 22.5. The van der Waals surface area contributed by atoms with Crippen LogP contribution >= 0.6 is 11.6 Å². The Morgan fingerprint density at radius 1 is 1.47 bits per heavy atom. The summed E-state index contributed by atoms with van der Waals surface area (Å²) in [5, 5.41) is 8.48. The van der Waals surface area contributed by atoms with Crippen LogP contribution in [0.3, 0.4) is 0 Å². The Balaban J connectivity index is 2.58. The van der Waals surface area contributed by atoms with E-state index in [1.807, 2.05) is 0 Å². The normalized spacial score (nSPS) is 10.1. The van der Waals surface area contributed by atoms with Crippen molar-refractivity contribution in [1.29, 1.82) is 0 Å². The fraction of sp³-hybridized carbons (Fsp3) is 0.273. The lowest BCUT2D eigenvalue weighted by molar-refractivity contribution is -0.155. The molecule has 0 aliphatic heterocycles. The molecule has 0 aliphatic rings. The second kappa shape index (κ2) is 5.63. The number of carboxylic acids is 1. The van der Waals surface area contributed by atoms with Gasteiger partial charge in [-0.2, -0.15) is 0 Å². The quantitative estimate of drug-likeness (QED) is 0.838. The van der Waals surface area contributed by atoms with Crippen molar-refractivity contribution < 1.29 is 19.1 Å². The Hall–Kier alpha value is -1.62. The fourth-order valence-electron chi connectivity index (χ4n) is 1.26. The van der Waals surface area contributed by atoms with Crippen LogP contribution < -0.4 is 0 Å². The topological polar surface area (TPSA) is 57.6 Å². The first-order valence-corrected chi connectivity index (χ1v) is 5.22. The lowest BCUT2D eigenvalue weighted by atomic mass is 10.1. The smallest absolute Gasteiger partial charge is 0.394 e. The van der Waals surface area contributed by atoms with E-state index in [2.05, 4.69) is 0 Å². The summed E-state index contributed by atoms with van der Waals surface area (Å²) in [5.74, 6) is -2.98. The molecule has 17 heavy (non-hydrogen) atoms. The molecule has 4 nitrogen and oxygen atoms in total. The lowest BCUT2D eigenvalue weighted by Gasteiger charge is -2.14. The first kappa shape index (κ1) is 13.4. The molecular weight excluding hydrogens is 249 g/mol. The molecule has 0 radical (unpaired) electrons. The molecule has 6 heteroatoms. The van der Waals surface area contributed by atoms with E-state index in [1.165, 1.54) is 19.2 Å². The minimum Gasteiger partial charge on any atom is -0.474 e. The van der Waals surface area contributed by atoms with E-state index < -0.39 is 17.7 Å². The number of likely N-dealkylation sites (N-methyl/N-ethyl adjacent to an activating group) is 1. The summed E-state index contributed by atoms with van der Waals surface area (Å²) in [6, 6.07) is 4.23. The summed E-state index contributed by atoms with van der Waals surface area (Å²) in [6.45, 7) is 0.229. The molecule has 0 atom stereocenters. The summed E-state index contributed by atoms with van der Waals surface area (Å²) in [5.41, 5.74) is 0.737. The van der Waals surface area contributed by atoms with Gasteiger partial charge in [0.05, 0.1) is 5.02 Å². The minimum absolute atomic E-state index is 0.00899. The second-order valence-corrected chi connectivity index (χ2v) is 3.94. The highest BCUT2D eigenvalue weighted by Gasteiger charge is 2.16. The van der Waals surface area contributed by atoms with Crippen LogP contribution in [0.4, 0.5) is 4.39 Å². The third-order valence-electron chi connectivity index (χ3n) is 2.25. The van der Waals surface area contributed by atoms with Crippen molar-refractivity contribution in [1.82, 2.24) is 4.90 Å². The number of amides is 1. The average molecular weight is 260 g/mol. The number of hydrogen-bond donors (Lipinski definition) is 1. The Morgan fingerprint density at radius 3 is 2.65 bits per heavy atom. The molecular formula is C11H11ClFNO3. The third-order valence-corrected chi connectivity index (χ3v) is 2.54. The Bertz CT molecular complexity index is 450. The van der Waals surface area contributed by atoms with Crippen LogP contribution in [0.1, 0.15) is 5.56 Å². The van der Waals surface area contributed by atoms with E-state index in [0.717, 1.165) is 10.5 Å². The fourth-order valence-corrected chi connectivity index (χ4v) is 1.46. The van der Waals surface area contributed by atoms with E-state index in [1.54, 1.807) is 6.07 Å². The predicted molar refractivity (Wildman–Crippen MR) is 60.4 cm³/mol. The number of benzene rings is 1. The standard InChI is InChI=1S/C11H11ClFNO3/c1-14(10(15)11(16)17)5-4-7-2-3-9(13)8(12)6-7/h2-3,6H,4-5H2,1H3,(H,16,17). The van der Waals surface area contributed by atoms with E-state index >= 15 is 0 Å². The number of nitrogens with zero attached hydrogens (tertiary/aromatic N) is 1. The highest BCUT2D eigenvalue weighted by molar-refractivity contribution is 6.31. The van der Waals surface area contributed by atoms with E-state index in [9.17, 15) is 14.0 Å². The van der Waals surface area contributed by atoms with Crippen molar-refractivity contribution in [3.63, 3.8) is 0 Å². The van der Waals surface area contributed by atoms with E-state index in [0.29, 0.717) is 6.42 Å². The molecule has 0 aliphatic carbocycles. The van der Waals surface area contributed by atoms with Gasteiger partial charge in [0.15, 0.2) is 0 Å². The van der Waals surface area contributed by atoms with Gasteiger partial charge in [0, 0.05) is 13.6 Å². The van der Waals surface area contributed by atoms with Crippen molar-refractivity contribution in [2.45, 2.75) is 6.42 Å². The largest absolute Gasteiger partial charge is 0.474 e. The lowest BCUT2D eigenvalue weighted by Crippen LogP contribution is -2.34. The molecule has 0 saturated heterocycles. The van der Waals surface area contributed by atoms with Crippen molar-refractivity contribution in [3.05, 3.63) is 34.6 Å². The van der Waals surface area contributed by atoms with Gasteiger partial charge in [-0.1, -0.05) is 17.7 Å². The molecule has 1 amide bonds. The van der Waals surface area contributed by atoms with Crippen LogP contribution in [-0.4, -0.2) is 35.5 Å². The van der Waals surface area contributed by atoms with Gasteiger partial charge in [-0.3, -0.25) is 4.79 Å². The molecule has 92 valence electrons. The SMILES string of the molecule is CN(CCc1ccc(F)c(Cl)c1)C(=O)C(=O)O. The van der Waals surface area contributed by atoms with Gasteiger partial charge in [-0.05, 0) is 24.1 Å². The molecule has 0 spiro atoms. The molecule has 0 bridgehead atoms. The van der Waals surface area contributed by atoms with Gasteiger partial charge in [0.1, 0.15) is 5.82 Å². The minimum atomic E-state index is -1.50. The van der Waals surface area contributed by atoms with Crippen LogP contribution in [0.2, 0.25) is 5.02 Å². The highest BCUT2D eigenvalue weighted by atomic mass is 35.5. The molecule has 0 unspecified atom stereocenters. The van der Waals surface area contributed by atoms with Crippen molar-refractivity contribution in [2.75, 3.05) is 13.6 Å². The van der Waals surface area contributed by atoms with Crippen LogP contribution in [0.25, 0.3) is 0 Å². The van der Waals surface area contributed by atoms with Crippen LogP contribution in [-0.2, 0) is 16.0 Å². The van der Waals surface area contributed by atoms with Gasteiger partial charge < -0.3 is 10.0 Å². The van der Waals surface area contributed by atoms with E-state index in [-0.39, 0.29) is 11.6 Å². The Kier molecular flexibility index (Phi) is 4.45. The Morgan fingerprint density at radius 2 is 2.12 bits per heavy atom. The van der Waals surface area contributed by atoms with Crippen LogP contribution in [0.5, 0.6) is 0 Å². The molecule has 1 aromatic carbocycles. The molecule has 0 fully saturated rings. The number of carbonyl (C=O) groups is 2. The summed E-state index contributed by atoms with van der Waals surface area (Å²) < 4.78 is 12.9. The monoisotopic (exact) mass is 259 g/mol. The van der Waals surface area contributed by atoms with Crippen molar-refractivity contribution >= 4 is 23.5 Å². The molecule has 1 rings (SSSR count). The van der Waals surface area contributed by atoms with Gasteiger partial charge >= 0.3 is 11.9 Å². The number of hydrogen-bond acceptors (Lipinski definition) is 2. The first-order valence-electron chi connectivity index (χ1n) is 4.84. The van der Waals surface area contributed by atoms with Crippen molar-refractivity contribution in [2.24, 2.45) is 0 Å². The zero-order valence-corrected chi connectivity index (χ0v) is 9.87. The van der Waals surface area contributed by atoms with Gasteiger partial charge in [0.25, 0.3) is 0 Å². The Labute approximate surface area is 103 Å². The summed E-state index contributed by atoms with van der Waals surface area (Å²) in [7, 11) is 1.39. The number of halogens is 2. The predicted octanol–water partition coefficient (Wildman–Crippen LogP) is 1.56. The highest BCUT2D eigenvalue weighted by Crippen LogP contribution is 2.16. The zero-order chi connectivity index (χ0) is 13.0. The number of rotatable bonds is 3. The van der Waals surface area contributed by atoms with Crippen LogP contribution in [0.15, 0.2) is 18.2 Å². The number of carboxylic acid groups (broad SMARTS) is 1. The number of carbonyl (C=O) groups excluding carboxylic acids is 1. The molecule has 1 aromatic rings. The van der Waals surface area contributed by atoms with Gasteiger partial charge in [-0.15, -0.1) is 0 Å². The maximum atomic E-state index is 12.9. The summed E-state index contributed by atoms with van der Waals surface area (Å²) >= 11 is 5.59. The maximum Gasteiger partial charge on any atom is 0.394 e. The molecule has 0 saturated carbocycles. The average Bonchev–Trinajstić information content (AvgIpc) is 2.29. The second-order valence-electron chi connectivity index (χ2n) is 3.53. The molecule has 0 heterocycles. The van der Waals surface area contributed by atoms with Gasteiger partial charge in [0.2, 0.25) is 0 Å². The van der Waals surface area contributed by atoms with Crippen molar-refractivity contribution in [3.8, 4) is 0 Å². The van der Waals surface area contributed by atoms with E-state index in [4.69, 9.17) is 16.7 Å². The van der Waals surface area contributed by atoms with Crippen LogP contribution in [0, 0.1) is 5.82 Å². The maximum absolute atomic E-state index is 12.9. The third kappa shape index (κ3) is 3.71. The van der Waals surface area contributed by atoms with Gasteiger partial charge in [-0.25, -0.2) is 9.18 Å². The number of aliphatic carboxylic acids is 1. The molecule has 1 N–H and O–H groups in total. The molecule has 0 aromatic heterocycles. The summed E-state index contributed by atoms with van der Waals surface area (Å²) in [6.07, 6.45) is 0.412.